The summed E-state index contributed by atoms with van der Waals surface area (Å²) in [5.41, 5.74) is 7.12. The molecule has 0 spiro atoms. The average molecular weight is 386 g/mol. The van der Waals surface area contributed by atoms with Crippen LogP contribution in [-0.2, 0) is 6.42 Å². The van der Waals surface area contributed by atoms with Gasteiger partial charge in [0.15, 0.2) is 0 Å². The van der Waals surface area contributed by atoms with Gasteiger partial charge in [-0.25, -0.2) is 0 Å². The van der Waals surface area contributed by atoms with Crippen LogP contribution in [0.2, 0.25) is 0 Å². The van der Waals surface area contributed by atoms with Gasteiger partial charge in [-0.05, 0) is 103 Å². The number of aryl methyl sites for hydroxylation is 1. The Hall–Kier alpha value is -2.32. The van der Waals surface area contributed by atoms with Crippen LogP contribution in [0.25, 0.3) is 0 Å². The van der Waals surface area contributed by atoms with Gasteiger partial charge in [0.05, 0.1) is 0 Å². The molecule has 2 aliphatic carbocycles. The van der Waals surface area contributed by atoms with Crippen molar-refractivity contribution >= 4 is 0 Å². The molecule has 2 N–H and O–H groups in total. The van der Waals surface area contributed by atoms with Crippen LogP contribution in [0, 0.1) is 5.92 Å². The lowest BCUT2D eigenvalue weighted by Crippen LogP contribution is -2.26. The van der Waals surface area contributed by atoms with Gasteiger partial charge < -0.3 is 10.4 Å². The fraction of sp³-hybridized carbons (Fsp3) is 0.407. The SMILES string of the molecule is Oc1ccc2c(c1)CC[C@H](C1=CCCC=C1)[C@@H]2c1ccc(C2CCNCC2)cc1. The van der Waals surface area contributed by atoms with E-state index in [4.69, 9.17) is 0 Å². The number of rotatable bonds is 3. The van der Waals surface area contributed by atoms with E-state index in [0.29, 0.717) is 23.5 Å². The van der Waals surface area contributed by atoms with E-state index in [2.05, 4.69) is 53.9 Å². The zero-order valence-corrected chi connectivity index (χ0v) is 17.1. The van der Waals surface area contributed by atoms with Gasteiger partial charge in [-0.2, -0.15) is 0 Å². The summed E-state index contributed by atoms with van der Waals surface area (Å²) < 4.78 is 0. The Kier molecular flexibility index (Phi) is 5.28. The van der Waals surface area contributed by atoms with Gasteiger partial charge in [0, 0.05) is 5.92 Å². The fourth-order valence-corrected chi connectivity index (χ4v) is 5.62. The number of hydrogen-bond acceptors (Lipinski definition) is 2. The molecule has 2 heteroatoms. The van der Waals surface area contributed by atoms with Crippen molar-refractivity contribution in [2.45, 2.75) is 50.4 Å². The predicted octanol–water partition coefficient (Wildman–Crippen LogP) is 5.83. The van der Waals surface area contributed by atoms with E-state index >= 15 is 0 Å². The van der Waals surface area contributed by atoms with Crippen molar-refractivity contribution in [3.8, 4) is 5.75 Å². The molecular weight excluding hydrogens is 354 g/mol. The Morgan fingerprint density at radius 1 is 0.862 bits per heavy atom. The summed E-state index contributed by atoms with van der Waals surface area (Å²) in [6, 6.07) is 15.5. The first-order valence-corrected chi connectivity index (χ1v) is 11.3. The van der Waals surface area contributed by atoms with Crippen molar-refractivity contribution in [3.05, 3.63) is 88.5 Å². The summed E-state index contributed by atoms with van der Waals surface area (Å²) in [4.78, 5) is 0. The van der Waals surface area contributed by atoms with Gasteiger partial charge in [0.2, 0.25) is 0 Å². The van der Waals surface area contributed by atoms with Crippen molar-refractivity contribution in [2.24, 2.45) is 5.92 Å². The third kappa shape index (κ3) is 3.79. The van der Waals surface area contributed by atoms with E-state index in [0.717, 1.165) is 38.8 Å². The lowest BCUT2D eigenvalue weighted by atomic mass is 9.68. The molecule has 0 aromatic heterocycles. The lowest BCUT2D eigenvalue weighted by molar-refractivity contribution is 0.455. The van der Waals surface area contributed by atoms with Crippen LogP contribution in [0.5, 0.6) is 5.75 Å². The van der Waals surface area contributed by atoms with E-state index in [9.17, 15) is 5.11 Å². The van der Waals surface area contributed by atoms with Crippen LogP contribution in [0.3, 0.4) is 0 Å². The van der Waals surface area contributed by atoms with Gasteiger partial charge >= 0.3 is 0 Å². The molecule has 0 bridgehead atoms. The summed E-state index contributed by atoms with van der Waals surface area (Å²) in [5.74, 6) is 1.98. The maximum atomic E-state index is 10.0. The second-order valence-electron chi connectivity index (χ2n) is 8.88. The first-order chi connectivity index (χ1) is 14.3. The van der Waals surface area contributed by atoms with E-state index < -0.39 is 0 Å². The van der Waals surface area contributed by atoms with Crippen molar-refractivity contribution in [3.63, 3.8) is 0 Å². The van der Waals surface area contributed by atoms with Crippen molar-refractivity contribution in [2.75, 3.05) is 13.1 Å². The summed E-state index contributed by atoms with van der Waals surface area (Å²) in [7, 11) is 0. The van der Waals surface area contributed by atoms with Crippen LogP contribution in [0.4, 0.5) is 0 Å². The zero-order chi connectivity index (χ0) is 19.6. The smallest absolute Gasteiger partial charge is 0.115 e. The number of allylic oxidation sites excluding steroid dienone is 4. The third-order valence-corrected chi connectivity index (χ3v) is 7.15. The number of fused-ring (bicyclic) bond motifs is 1. The molecule has 1 heterocycles. The molecule has 5 rings (SSSR count). The largest absolute Gasteiger partial charge is 0.508 e. The highest BCUT2D eigenvalue weighted by atomic mass is 16.3. The molecule has 150 valence electrons. The first kappa shape index (κ1) is 18.7. The Balaban J connectivity index is 1.51. The molecule has 3 aliphatic rings. The van der Waals surface area contributed by atoms with Crippen LogP contribution in [0.1, 0.15) is 66.2 Å². The Morgan fingerprint density at radius 3 is 2.41 bits per heavy atom. The molecular formula is C27H31NO. The highest BCUT2D eigenvalue weighted by Gasteiger charge is 2.33. The number of phenols is 1. The monoisotopic (exact) mass is 385 g/mol. The van der Waals surface area contributed by atoms with Crippen LogP contribution in [0.15, 0.2) is 66.3 Å². The summed E-state index contributed by atoms with van der Waals surface area (Å²) in [6.07, 6.45) is 14.1. The molecule has 0 amide bonds. The van der Waals surface area contributed by atoms with Gasteiger partial charge in [-0.3, -0.25) is 0 Å². The van der Waals surface area contributed by atoms with Crippen molar-refractivity contribution < 1.29 is 5.11 Å². The second-order valence-corrected chi connectivity index (χ2v) is 8.88. The molecule has 2 aromatic rings. The molecule has 2 atom stereocenters. The summed E-state index contributed by atoms with van der Waals surface area (Å²) in [5, 5.41) is 13.5. The maximum Gasteiger partial charge on any atom is 0.115 e. The predicted molar refractivity (Wildman–Crippen MR) is 120 cm³/mol. The normalized spacial score (nSPS) is 24.8. The summed E-state index contributed by atoms with van der Waals surface area (Å²) in [6.45, 7) is 2.27. The number of piperidine rings is 1. The molecule has 1 fully saturated rings. The second kappa shape index (κ2) is 8.20. The highest BCUT2D eigenvalue weighted by molar-refractivity contribution is 5.48. The van der Waals surface area contributed by atoms with Gasteiger partial charge in [0.25, 0.3) is 0 Å². The maximum absolute atomic E-state index is 10.0. The van der Waals surface area contributed by atoms with E-state index in [1.165, 1.54) is 40.7 Å². The van der Waals surface area contributed by atoms with Crippen molar-refractivity contribution in [1.82, 2.24) is 5.32 Å². The van der Waals surface area contributed by atoms with Crippen LogP contribution < -0.4 is 5.32 Å². The third-order valence-electron chi connectivity index (χ3n) is 7.15. The van der Waals surface area contributed by atoms with Gasteiger partial charge in [-0.1, -0.05) is 48.6 Å². The molecule has 0 radical (unpaired) electrons. The van der Waals surface area contributed by atoms with Crippen molar-refractivity contribution in [1.29, 1.82) is 0 Å². The minimum Gasteiger partial charge on any atom is -0.508 e. The number of nitrogens with one attached hydrogen (secondary N) is 1. The minimum absolute atomic E-state index is 0.371. The molecule has 1 saturated heterocycles. The molecule has 1 aliphatic heterocycles. The number of benzene rings is 2. The Morgan fingerprint density at radius 2 is 1.66 bits per heavy atom. The quantitative estimate of drug-likeness (QED) is 0.697. The zero-order valence-electron chi connectivity index (χ0n) is 17.1. The van der Waals surface area contributed by atoms with Crippen LogP contribution in [-0.4, -0.2) is 18.2 Å². The van der Waals surface area contributed by atoms with E-state index in [-0.39, 0.29) is 0 Å². The number of phenolic OH excluding ortho intramolecular Hbond substituents is 1. The fourth-order valence-electron chi connectivity index (χ4n) is 5.62. The lowest BCUT2D eigenvalue weighted by Gasteiger charge is -2.36. The average Bonchev–Trinajstić information content (AvgIpc) is 2.79. The minimum atomic E-state index is 0.371. The Bertz CT molecular complexity index is 918. The van der Waals surface area contributed by atoms with E-state index in [1.807, 2.05) is 12.1 Å². The molecule has 2 nitrogen and oxygen atoms in total. The molecule has 0 unspecified atom stereocenters. The summed E-state index contributed by atoms with van der Waals surface area (Å²) >= 11 is 0. The van der Waals surface area contributed by atoms with Gasteiger partial charge in [-0.15, -0.1) is 0 Å². The number of aromatic hydroxyl groups is 1. The van der Waals surface area contributed by atoms with Gasteiger partial charge in [0.1, 0.15) is 5.75 Å². The molecule has 0 saturated carbocycles. The molecule has 2 aromatic carbocycles. The topological polar surface area (TPSA) is 32.3 Å². The molecule has 29 heavy (non-hydrogen) atoms. The highest BCUT2D eigenvalue weighted by Crippen LogP contribution is 2.46. The first-order valence-electron chi connectivity index (χ1n) is 11.3. The van der Waals surface area contributed by atoms with Crippen LogP contribution >= 0.6 is 0 Å². The standard InChI is InChI=1S/C27H31NO/c29-24-11-13-26-23(18-24)10-12-25(21-4-2-1-3-5-21)27(26)22-8-6-19(7-9-22)20-14-16-28-17-15-20/h2,4-9,11,13,18,20,25,27-29H,1,3,10,12,14-17H2/t25-,27+/m1/s1. The van der Waals surface area contributed by atoms with E-state index in [1.54, 1.807) is 0 Å². The Labute approximate surface area is 174 Å². The number of hydrogen-bond donors (Lipinski definition) is 2.